The molecule has 0 spiro atoms. The summed E-state index contributed by atoms with van der Waals surface area (Å²) >= 11 is 0. The highest BCUT2D eigenvalue weighted by Crippen LogP contribution is 2.29. The Balaban J connectivity index is 2.12. The van der Waals surface area contributed by atoms with Crippen LogP contribution >= 0.6 is 0 Å². The van der Waals surface area contributed by atoms with E-state index >= 15 is 0 Å². The fourth-order valence-electron chi connectivity index (χ4n) is 3.01. The maximum atomic E-state index is 14.4. The third-order valence-electron chi connectivity index (χ3n) is 4.62. The van der Waals surface area contributed by atoms with E-state index in [-0.39, 0.29) is 20.7 Å². The van der Waals surface area contributed by atoms with Gasteiger partial charge in [-0.2, -0.15) is 4.80 Å². The van der Waals surface area contributed by atoms with Gasteiger partial charge in [-0.05, 0) is 0 Å². The zero-order valence-electron chi connectivity index (χ0n) is 16.1. The molecule has 0 aliphatic heterocycles. The fraction of sp³-hybridized carbons (Fsp3) is 0. The normalized spacial score (nSPS) is 11.2. The van der Waals surface area contributed by atoms with Crippen molar-refractivity contribution in [2.75, 3.05) is 0 Å². The second kappa shape index (κ2) is 8.35. The molecule has 4 nitrogen and oxygen atoms in total. The Morgan fingerprint density at radius 1 is 0.500 bits per heavy atom. The molecule has 1 heterocycles. The Kier molecular flexibility index (Phi) is 5.67. The van der Waals surface area contributed by atoms with E-state index < -0.39 is 69.5 Å². The zero-order valence-corrected chi connectivity index (χ0v) is 16.1. The summed E-state index contributed by atoms with van der Waals surface area (Å²) in [6.45, 7) is 0. The molecular weight excluding hydrogens is 486 g/mol. The number of aromatic nitrogens is 4. The monoisotopic (exact) mass is 494 g/mol. The number of halogens is 10. The minimum atomic E-state index is -2.48. The number of rotatable bonds is 3. The van der Waals surface area contributed by atoms with Gasteiger partial charge in [-0.1, -0.05) is 30.3 Å². The van der Waals surface area contributed by atoms with E-state index in [1.807, 2.05) is 0 Å². The predicted octanol–water partition coefficient (Wildman–Crippen LogP) is 6.11. The Labute approximate surface area is 181 Å². The second-order valence-electron chi connectivity index (χ2n) is 6.66. The Bertz CT molecular complexity index is 1310. The lowest BCUT2D eigenvalue weighted by molar-refractivity contribution is 0.362. The average molecular weight is 494 g/mol. The van der Waals surface area contributed by atoms with Gasteiger partial charge in [-0.3, -0.25) is 5.10 Å². The van der Waals surface area contributed by atoms with Gasteiger partial charge in [-0.25, -0.2) is 53.8 Å². The van der Waals surface area contributed by atoms with Crippen LogP contribution in [-0.2, 0) is 0 Å². The van der Waals surface area contributed by atoms with Gasteiger partial charge in [-0.15, -0.1) is 0 Å². The molecule has 34 heavy (non-hydrogen) atoms. The molecule has 0 fully saturated rings. The summed E-state index contributed by atoms with van der Waals surface area (Å²) in [5, 5.41) is 4.02. The first-order chi connectivity index (χ1) is 16.0. The molecule has 0 bridgehead atoms. The molecule has 0 aliphatic carbocycles. The summed E-state index contributed by atoms with van der Waals surface area (Å²) in [7, 11) is 0. The maximum absolute atomic E-state index is 14.4. The Hall–Kier alpha value is -4.10. The third-order valence-corrected chi connectivity index (χ3v) is 4.62. The molecule has 2 N–H and O–H groups in total. The van der Waals surface area contributed by atoms with Crippen LogP contribution in [0.15, 0.2) is 36.5 Å². The van der Waals surface area contributed by atoms with Gasteiger partial charge >= 0.3 is 0 Å². The van der Waals surface area contributed by atoms with Gasteiger partial charge in [0.2, 0.25) is 11.6 Å². The van der Waals surface area contributed by atoms with Crippen molar-refractivity contribution in [1.82, 2.24) is 19.8 Å². The van der Waals surface area contributed by atoms with Crippen molar-refractivity contribution in [3.05, 3.63) is 94.7 Å². The van der Waals surface area contributed by atoms with Crippen molar-refractivity contribution >= 4 is 0 Å². The summed E-state index contributed by atoms with van der Waals surface area (Å²) in [6, 6.07) is 7.15. The quantitative estimate of drug-likeness (QED) is 0.196. The highest BCUT2D eigenvalue weighted by Gasteiger charge is 2.30. The molecule has 0 aliphatic rings. The first kappa shape index (κ1) is 23.1. The van der Waals surface area contributed by atoms with E-state index in [4.69, 9.17) is 0 Å². The van der Waals surface area contributed by atoms with Crippen molar-refractivity contribution in [2.24, 2.45) is 0 Å². The molecule has 0 atom stereocenters. The van der Waals surface area contributed by atoms with Crippen LogP contribution in [0.5, 0.6) is 0 Å². The summed E-state index contributed by atoms with van der Waals surface area (Å²) in [6.07, 6.45) is 0.732. The van der Waals surface area contributed by atoms with Crippen molar-refractivity contribution < 1.29 is 43.9 Å². The van der Waals surface area contributed by atoms with Crippen LogP contribution in [0, 0.1) is 58.2 Å². The van der Waals surface area contributed by atoms with E-state index in [1.54, 1.807) is 5.21 Å². The molecular formula is C20H8F10N4. The van der Waals surface area contributed by atoms with Gasteiger partial charge in [0.15, 0.2) is 52.2 Å². The Morgan fingerprint density at radius 3 is 1.38 bits per heavy atom. The van der Waals surface area contributed by atoms with Gasteiger partial charge in [0, 0.05) is 5.56 Å². The lowest BCUT2D eigenvalue weighted by Crippen LogP contribution is -2.21. The van der Waals surface area contributed by atoms with E-state index in [9.17, 15) is 43.9 Å². The van der Waals surface area contributed by atoms with E-state index in [1.165, 1.54) is 30.3 Å². The van der Waals surface area contributed by atoms with Gasteiger partial charge in [0.1, 0.15) is 5.69 Å². The van der Waals surface area contributed by atoms with E-state index in [0.717, 1.165) is 6.20 Å². The topological polar surface area (TPSA) is 41.4 Å². The lowest BCUT2D eigenvalue weighted by Gasteiger charge is -2.19. The molecule has 178 valence electrons. The largest absolute Gasteiger partial charge is 0.276 e. The van der Waals surface area contributed by atoms with Crippen LogP contribution in [0.3, 0.4) is 0 Å². The average Bonchev–Trinajstić information content (AvgIpc) is 2.84. The first-order valence-electron chi connectivity index (χ1n) is 8.97. The molecule has 14 heteroatoms. The Morgan fingerprint density at radius 2 is 0.912 bits per heavy atom. The zero-order chi connectivity index (χ0) is 24.9. The SMILES string of the molecule is Fc1c(F)c(F)c(-n2cc(-c3ccccc3)[nH]n(-c3c(F)c(F)c(F)c(F)c3F)[nH]2)c(F)c1F. The predicted molar refractivity (Wildman–Crippen MR) is 96.4 cm³/mol. The molecule has 0 unspecified atom stereocenters. The standard InChI is InChI=1S/C20H8F10N4/c21-9-11(23)15(27)19(16(28)12(9)24)33-6-8(7-4-2-1-3-5-7)31-34(32-33)20-17(29)13(25)10(22)14(26)18(20)30/h1-6,31-32H. The molecule has 0 saturated heterocycles. The smallest absolute Gasteiger partial charge is 0.200 e. The van der Waals surface area contributed by atoms with Gasteiger partial charge in [0.25, 0.3) is 0 Å². The summed E-state index contributed by atoms with van der Waals surface area (Å²) in [5.41, 5.74) is -3.45. The number of hydrogen-bond donors (Lipinski definition) is 2. The number of benzene rings is 3. The third kappa shape index (κ3) is 3.50. The van der Waals surface area contributed by atoms with Crippen LogP contribution in [0.25, 0.3) is 22.6 Å². The van der Waals surface area contributed by atoms with Crippen LogP contribution in [-0.4, -0.2) is 19.8 Å². The van der Waals surface area contributed by atoms with Crippen molar-refractivity contribution in [3.63, 3.8) is 0 Å². The minimum absolute atomic E-state index is 0.0245. The van der Waals surface area contributed by atoms with Crippen LogP contribution in [0.1, 0.15) is 0 Å². The molecule has 3 aromatic carbocycles. The van der Waals surface area contributed by atoms with E-state index in [2.05, 4.69) is 5.10 Å². The van der Waals surface area contributed by atoms with Crippen LogP contribution in [0.4, 0.5) is 43.9 Å². The first-order valence-corrected chi connectivity index (χ1v) is 8.97. The van der Waals surface area contributed by atoms with Crippen LogP contribution in [0.2, 0.25) is 0 Å². The molecule has 0 amide bonds. The van der Waals surface area contributed by atoms with Gasteiger partial charge < -0.3 is 0 Å². The summed E-state index contributed by atoms with van der Waals surface area (Å²) in [4.78, 5) is 0.0245. The van der Waals surface area contributed by atoms with Gasteiger partial charge in [0.05, 0.1) is 11.9 Å². The van der Waals surface area contributed by atoms with Crippen molar-refractivity contribution in [1.29, 1.82) is 0 Å². The molecule has 0 radical (unpaired) electrons. The number of H-pyrrole nitrogens is 2. The molecule has 4 aromatic rings. The van der Waals surface area contributed by atoms with E-state index in [0.29, 0.717) is 0 Å². The number of nitrogens with one attached hydrogen (secondary N) is 2. The molecule has 4 rings (SSSR count). The number of aromatic amines is 2. The maximum Gasteiger partial charge on any atom is 0.200 e. The molecule has 1 aromatic heterocycles. The van der Waals surface area contributed by atoms with Crippen molar-refractivity contribution in [2.45, 2.75) is 0 Å². The van der Waals surface area contributed by atoms with Crippen LogP contribution < -0.4 is 0 Å². The number of hydrogen-bond acceptors (Lipinski definition) is 0. The second-order valence-corrected chi connectivity index (χ2v) is 6.66. The highest BCUT2D eigenvalue weighted by atomic mass is 19.2. The lowest BCUT2D eigenvalue weighted by atomic mass is 10.2. The number of nitrogens with zero attached hydrogens (tertiary/aromatic N) is 2. The fourth-order valence-corrected chi connectivity index (χ4v) is 3.01. The molecule has 0 saturated carbocycles. The highest BCUT2D eigenvalue weighted by molar-refractivity contribution is 5.58. The summed E-state index contributed by atoms with van der Waals surface area (Å²) < 4.78 is 140. The minimum Gasteiger partial charge on any atom is -0.276 e. The van der Waals surface area contributed by atoms with Crippen molar-refractivity contribution in [3.8, 4) is 22.6 Å². The summed E-state index contributed by atoms with van der Waals surface area (Å²) in [5.74, 6) is -23.7.